The summed E-state index contributed by atoms with van der Waals surface area (Å²) in [7, 11) is 0. The highest BCUT2D eigenvalue weighted by molar-refractivity contribution is 5.76. The van der Waals surface area contributed by atoms with Crippen LogP contribution in [0.25, 0.3) is 0 Å². The molecule has 7 heteroatoms. The van der Waals surface area contributed by atoms with E-state index in [4.69, 9.17) is 0 Å². The van der Waals surface area contributed by atoms with E-state index in [0.717, 1.165) is 41.0 Å². The smallest absolute Gasteiger partial charge is 0.285 e. The average Bonchev–Trinajstić information content (AvgIpc) is 2.60. The molecule has 4 fully saturated rings. The van der Waals surface area contributed by atoms with Crippen molar-refractivity contribution in [3.05, 3.63) is 38.8 Å². The van der Waals surface area contributed by atoms with Crippen LogP contribution in [-0.2, 0) is 11.3 Å². The minimum Gasteiger partial charge on any atom is -0.351 e. The van der Waals surface area contributed by atoms with Crippen LogP contribution in [0, 0.1) is 33.3 Å². The third-order valence-corrected chi connectivity index (χ3v) is 7.06. The number of nitrogens with one attached hydrogen (secondary N) is 1. The van der Waals surface area contributed by atoms with Crippen molar-refractivity contribution in [3.8, 4) is 0 Å². The van der Waals surface area contributed by atoms with Crippen molar-refractivity contribution >= 4 is 11.6 Å². The van der Waals surface area contributed by atoms with Crippen LogP contribution in [0.3, 0.4) is 0 Å². The molecule has 1 atom stereocenters. The first kappa shape index (κ1) is 18.2. The summed E-state index contributed by atoms with van der Waals surface area (Å²) in [6.45, 7) is 1.94. The molecule has 0 saturated heterocycles. The van der Waals surface area contributed by atoms with Crippen molar-refractivity contribution in [1.82, 2.24) is 9.88 Å². The molecule has 7 nitrogen and oxygen atoms in total. The number of rotatable bonds is 6. The zero-order chi connectivity index (χ0) is 19.2. The van der Waals surface area contributed by atoms with Crippen molar-refractivity contribution in [2.24, 2.45) is 23.2 Å². The molecule has 0 radical (unpaired) electrons. The van der Waals surface area contributed by atoms with Gasteiger partial charge >= 0.3 is 0 Å². The summed E-state index contributed by atoms with van der Waals surface area (Å²) in [6, 6.07) is 2.43. The topological polar surface area (TPSA) is 94.2 Å². The van der Waals surface area contributed by atoms with Crippen LogP contribution < -0.4 is 10.9 Å². The van der Waals surface area contributed by atoms with E-state index in [1.165, 1.54) is 44.6 Å². The third kappa shape index (κ3) is 3.39. The first-order valence-corrected chi connectivity index (χ1v) is 10.0. The average molecular weight is 373 g/mol. The molecule has 0 aromatic carbocycles. The van der Waals surface area contributed by atoms with Crippen LogP contribution in [0.2, 0.25) is 0 Å². The molecule has 146 valence electrons. The molecular weight excluding hydrogens is 346 g/mol. The number of hydrogen-bond acceptors (Lipinski definition) is 4. The Balaban J connectivity index is 1.48. The Bertz CT molecular complexity index is 780. The number of pyridine rings is 1. The van der Waals surface area contributed by atoms with Gasteiger partial charge in [-0.25, -0.2) is 0 Å². The van der Waals surface area contributed by atoms with Crippen LogP contribution in [0.1, 0.15) is 51.9 Å². The van der Waals surface area contributed by atoms with Gasteiger partial charge < -0.3 is 5.32 Å². The molecule has 1 aromatic heterocycles. The van der Waals surface area contributed by atoms with E-state index in [-0.39, 0.29) is 29.6 Å². The van der Waals surface area contributed by atoms with Gasteiger partial charge in [0.15, 0.2) is 0 Å². The highest BCUT2D eigenvalue weighted by atomic mass is 16.6. The standard InChI is InChI=1S/C20H27N3O4/c1-2-17(20-8-13-5-14(9-20)7-15(6-13)10-20)21-18(24)12-22-11-16(23(26)27)3-4-19(22)25/h3-4,11,13-15,17H,2,5-10,12H2,1H3,(H,21,24)/t13?,14?,15?,17-,20?/m1/s1. The molecule has 1 amide bonds. The fourth-order valence-corrected chi connectivity index (χ4v) is 6.44. The Morgan fingerprint density at radius 2 is 1.85 bits per heavy atom. The van der Waals surface area contributed by atoms with E-state index in [2.05, 4.69) is 12.2 Å². The first-order chi connectivity index (χ1) is 12.9. The van der Waals surface area contributed by atoms with Crippen LogP contribution in [0.5, 0.6) is 0 Å². The Morgan fingerprint density at radius 1 is 1.26 bits per heavy atom. The van der Waals surface area contributed by atoms with Crippen molar-refractivity contribution in [2.75, 3.05) is 0 Å². The normalized spacial score (nSPS) is 32.3. The minimum absolute atomic E-state index is 0.118. The number of hydrogen-bond donors (Lipinski definition) is 1. The molecule has 4 aliphatic carbocycles. The second kappa shape index (κ2) is 6.77. The van der Waals surface area contributed by atoms with Gasteiger partial charge in [-0.2, -0.15) is 0 Å². The minimum atomic E-state index is -0.557. The predicted octanol–water partition coefficient (Wildman–Crippen LogP) is 2.87. The Labute approximate surface area is 158 Å². The number of nitrogens with zero attached hydrogens (tertiary/aromatic N) is 2. The summed E-state index contributed by atoms with van der Waals surface area (Å²) in [5, 5.41) is 14.1. The van der Waals surface area contributed by atoms with Gasteiger partial charge in [-0.05, 0) is 68.1 Å². The highest BCUT2D eigenvalue weighted by Gasteiger charge is 2.53. The molecule has 1 N–H and O–H groups in total. The number of carbonyl (C=O) groups is 1. The van der Waals surface area contributed by atoms with Gasteiger partial charge in [-0.3, -0.25) is 24.3 Å². The quantitative estimate of drug-likeness (QED) is 0.613. The van der Waals surface area contributed by atoms with E-state index in [1.807, 2.05) is 0 Å². The lowest BCUT2D eigenvalue weighted by Crippen LogP contribution is -2.57. The molecule has 27 heavy (non-hydrogen) atoms. The Hall–Kier alpha value is -2.18. The van der Waals surface area contributed by atoms with Gasteiger partial charge in [-0.1, -0.05) is 6.92 Å². The lowest BCUT2D eigenvalue weighted by Gasteiger charge is -2.59. The molecule has 0 unspecified atom stereocenters. The van der Waals surface area contributed by atoms with Crippen molar-refractivity contribution in [3.63, 3.8) is 0 Å². The van der Waals surface area contributed by atoms with E-state index in [1.54, 1.807) is 0 Å². The summed E-state index contributed by atoms with van der Waals surface area (Å²) >= 11 is 0. The molecule has 1 heterocycles. The summed E-state index contributed by atoms with van der Waals surface area (Å²) in [4.78, 5) is 35.0. The SMILES string of the molecule is CC[C@@H](NC(=O)Cn1cc([N+](=O)[O-])ccc1=O)C12CC3CC(CC(C3)C1)C2. The highest BCUT2D eigenvalue weighted by Crippen LogP contribution is 2.61. The molecule has 4 aliphatic rings. The zero-order valence-corrected chi connectivity index (χ0v) is 15.7. The number of carbonyl (C=O) groups excluding carboxylic acids is 1. The third-order valence-electron chi connectivity index (χ3n) is 7.06. The lowest BCUT2D eigenvalue weighted by molar-refractivity contribution is -0.385. The Kier molecular flexibility index (Phi) is 4.56. The number of aromatic nitrogens is 1. The molecule has 4 bridgehead atoms. The van der Waals surface area contributed by atoms with Crippen LogP contribution >= 0.6 is 0 Å². The van der Waals surface area contributed by atoms with E-state index >= 15 is 0 Å². The summed E-state index contributed by atoms with van der Waals surface area (Å²) in [5.41, 5.74) is -0.388. The molecule has 5 rings (SSSR count). The van der Waals surface area contributed by atoms with E-state index in [0.29, 0.717) is 0 Å². The summed E-state index contributed by atoms with van der Waals surface area (Å²) in [6.07, 6.45) is 9.69. The fraction of sp³-hybridized carbons (Fsp3) is 0.700. The summed E-state index contributed by atoms with van der Waals surface area (Å²) < 4.78 is 1.12. The second-order valence-corrected chi connectivity index (χ2v) is 8.92. The molecular formula is C20H27N3O4. The van der Waals surface area contributed by atoms with Crippen molar-refractivity contribution in [1.29, 1.82) is 0 Å². The summed E-state index contributed by atoms with van der Waals surface area (Å²) in [5.74, 6) is 2.19. The van der Waals surface area contributed by atoms with Gasteiger partial charge in [0.1, 0.15) is 6.54 Å². The maximum Gasteiger partial charge on any atom is 0.285 e. The van der Waals surface area contributed by atoms with Crippen molar-refractivity contribution < 1.29 is 9.72 Å². The monoisotopic (exact) mass is 373 g/mol. The van der Waals surface area contributed by atoms with Crippen LogP contribution in [0.4, 0.5) is 5.69 Å². The van der Waals surface area contributed by atoms with Gasteiger partial charge in [0.25, 0.3) is 11.2 Å². The largest absolute Gasteiger partial charge is 0.351 e. The lowest BCUT2D eigenvalue weighted by atomic mass is 9.47. The number of amides is 1. The molecule has 0 aliphatic heterocycles. The fourth-order valence-electron chi connectivity index (χ4n) is 6.44. The van der Waals surface area contributed by atoms with Gasteiger partial charge in [0.05, 0.1) is 11.1 Å². The maximum atomic E-state index is 12.7. The van der Waals surface area contributed by atoms with Crippen LogP contribution in [-0.4, -0.2) is 21.4 Å². The van der Waals surface area contributed by atoms with Crippen molar-refractivity contribution in [2.45, 2.75) is 64.5 Å². The molecule has 0 spiro atoms. The van der Waals surface area contributed by atoms with E-state index in [9.17, 15) is 19.7 Å². The molecule has 4 saturated carbocycles. The zero-order valence-electron chi connectivity index (χ0n) is 15.7. The maximum absolute atomic E-state index is 12.7. The van der Waals surface area contributed by atoms with Crippen LogP contribution in [0.15, 0.2) is 23.1 Å². The van der Waals surface area contributed by atoms with E-state index < -0.39 is 10.5 Å². The first-order valence-electron chi connectivity index (χ1n) is 10.0. The second-order valence-electron chi connectivity index (χ2n) is 8.92. The number of nitro groups is 1. The Morgan fingerprint density at radius 3 is 2.37 bits per heavy atom. The van der Waals surface area contributed by atoms with Gasteiger partial charge in [-0.15, -0.1) is 0 Å². The van der Waals surface area contributed by atoms with Gasteiger partial charge in [0.2, 0.25) is 5.91 Å². The predicted molar refractivity (Wildman–Crippen MR) is 100 cm³/mol. The molecule has 1 aromatic rings. The van der Waals surface area contributed by atoms with Gasteiger partial charge in [0, 0.05) is 18.2 Å².